The van der Waals surface area contributed by atoms with Crippen LogP contribution in [0, 0.1) is 5.92 Å². The highest BCUT2D eigenvalue weighted by molar-refractivity contribution is 7.83. The van der Waals surface area contributed by atoms with Gasteiger partial charge in [0.2, 0.25) is 0 Å². The highest BCUT2D eigenvalue weighted by Crippen LogP contribution is 2.29. The molecule has 3 N–H and O–H groups in total. The van der Waals surface area contributed by atoms with Crippen LogP contribution in [0.2, 0.25) is 0 Å². The smallest absolute Gasteiger partial charge is 0.0664 e. The molecule has 1 fully saturated rings. The summed E-state index contributed by atoms with van der Waals surface area (Å²) in [4.78, 5) is 0. The van der Waals surface area contributed by atoms with E-state index in [-0.39, 0.29) is 11.6 Å². The Labute approximate surface area is 153 Å². The average Bonchev–Trinajstić information content (AvgIpc) is 2.89. The summed E-state index contributed by atoms with van der Waals surface area (Å²) in [6.45, 7) is 9.71. The molecule has 2 aliphatic rings. The van der Waals surface area contributed by atoms with Crippen LogP contribution < -0.4 is 5.84 Å². The number of hydrogen-bond acceptors (Lipinski definition) is 5. The van der Waals surface area contributed by atoms with Crippen molar-refractivity contribution in [2.24, 2.45) is 16.9 Å². The Kier molecular flexibility index (Phi) is 6.54. The van der Waals surface area contributed by atoms with Crippen molar-refractivity contribution in [2.45, 2.75) is 56.8 Å². The molecule has 0 atom stereocenters. The van der Waals surface area contributed by atoms with Crippen LogP contribution in [-0.2, 0) is 22.3 Å². The van der Waals surface area contributed by atoms with Gasteiger partial charge in [-0.15, -0.1) is 0 Å². The van der Waals surface area contributed by atoms with Gasteiger partial charge in [0.15, 0.2) is 0 Å². The first-order chi connectivity index (χ1) is 11.7. The van der Waals surface area contributed by atoms with Crippen molar-refractivity contribution >= 4 is 16.5 Å². The second-order valence-corrected chi connectivity index (χ2v) is 9.02. The van der Waals surface area contributed by atoms with E-state index in [9.17, 15) is 9.32 Å². The zero-order valence-corrected chi connectivity index (χ0v) is 16.1. The molecule has 1 aromatic rings. The number of hydrazine groups is 1. The summed E-state index contributed by atoms with van der Waals surface area (Å²) < 4.78 is 11.0. The summed E-state index contributed by atoms with van der Waals surface area (Å²) in [5.74, 6) is 7.65. The van der Waals surface area contributed by atoms with Gasteiger partial charge in [0.25, 0.3) is 0 Å². The van der Waals surface area contributed by atoms with Crippen LogP contribution in [0.15, 0.2) is 42.0 Å². The summed E-state index contributed by atoms with van der Waals surface area (Å²) >= 11 is 0. The van der Waals surface area contributed by atoms with Crippen LogP contribution in [0.25, 0.3) is 0 Å². The third-order valence-corrected chi connectivity index (χ3v) is 5.67. The molecule has 0 radical (unpaired) electrons. The third kappa shape index (κ3) is 5.49. The molecule has 0 saturated heterocycles. The highest BCUT2D eigenvalue weighted by Gasteiger charge is 2.31. The number of rotatable bonds is 3. The summed E-state index contributed by atoms with van der Waals surface area (Å²) in [6.07, 6.45) is 3.08. The van der Waals surface area contributed by atoms with Crippen molar-refractivity contribution in [1.82, 2.24) is 5.12 Å². The third-order valence-electron chi connectivity index (χ3n) is 4.40. The molecular weight excluding hydrogens is 334 g/mol. The van der Waals surface area contributed by atoms with E-state index in [1.54, 1.807) is 6.08 Å². The second-order valence-electron chi connectivity index (χ2n) is 7.56. The van der Waals surface area contributed by atoms with E-state index in [4.69, 9.17) is 5.84 Å². The number of nitrogens with two attached hydrogens (primary N) is 1. The molecule has 0 bridgehead atoms. The summed E-state index contributed by atoms with van der Waals surface area (Å²) in [7, 11) is -0.619. The fourth-order valence-electron chi connectivity index (χ4n) is 2.63. The number of hydrogen-bond donors (Lipinski definition) is 2. The van der Waals surface area contributed by atoms with E-state index in [0.717, 1.165) is 30.1 Å². The number of hydrazone groups is 1. The first-order valence-corrected chi connectivity index (χ1v) is 10.0. The molecule has 1 aromatic carbocycles. The Morgan fingerprint density at radius 3 is 2.24 bits per heavy atom. The van der Waals surface area contributed by atoms with E-state index in [1.165, 1.54) is 16.2 Å². The van der Waals surface area contributed by atoms with E-state index in [1.807, 2.05) is 32.9 Å². The zero-order chi connectivity index (χ0) is 18.6. The topological polar surface area (TPSA) is 78.9 Å². The molecule has 25 heavy (non-hydrogen) atoms. The van der Waals surface area contributed by atoms with E-state index >= 15 is 0 Å². The van der Waals surface area contributed by atoms with Gasteiger partial charge in [-0.2, -0.15) is 5.10 Å². The minimum Gasteiger partial charge on any atom is -0.393 e. The summed E-state index contributed by atoms with van der Waals surface area (Å²) in [5, 5.41) is 15.0. The first kappa shape index (κ1) is 19.8. The molecule has 1 saturated carbocycles. The van der Waals surface area contributed by atoms with Crippen LogP contribution in [0.3, 0.4) is 0 Å². The highest BCUT2D eigenvalue weighted by atomic mass is 32.2. The molecule has 6 heteroatoms. The number of allylic oxidation sites excluding steroid dienone is 1. The molecule has 0 aromatic heterocycles. The lowest BCUT2D eigenvalue weighted by Crippen LogP contribution is -2.44. The molecule has 138 valence electrons. The van der Waals surface area contributed by atoms with Crippen molar-refractivity contribution in [3.8, 4) is 0 Å². The van der Waals surface area contributed by atoms with E-state index < -0.39 is 10.8 Å². The van der Waals surface area contributed by atoms with Crippen LogP contribution in [-0.4, -0.2) is 31.8 Å². The van der Waals surface area contributed by atoms with Gasteiger partial charge >= 0.3 is 0 Å². The van der Waals surface area contributed by atoms with Gasteiger partial charge in [-0.3, -0.25) is 4.21 Å². The Morgan fingerprint density at radius 2 is 1.84 bits per heavy atom. The maximum absolute atomic E-state index is 11.0. The normalized spacial score (nSPS) is 23.2. The van der Waals surface area contributed by atoms with Crippen molar-refractivity contribution in [3.63, 3.8) is 0 Å². The number of aliphatic hydroxyl groups excluding tert-OH is 1. The molecule has 0 amide bonds. The largest absolute Gasteiger partial charge is 0.393 e. The quantitative estimate of drug-likeness (QED) is 0.492. The molecule has 0 spiro atoms. The lowest BCUT2D eigenvalue weighted by Gasteiger charge is -2.34. The van der Waals surface area contributed by atoms with Gasteiger partial charge in [0, 0.05) is 28.2 Å². The minimum atomic E-state index is -0.619. The van der Waals surface area contributed by atoms with Crippen LogP contribution >= 0.6 is 0 Å². The second kappa shape index (κ2) is 8.25. The fourth-order valence-corrected chi connectivity index (χ4v) is 3.99. The van der Waals surface area contributed by atoms with Crippen LogP contribution in [0.1, 0.15) is 44.7 Å². The van der Waals surface area contributed by atoms with E-state index in [2.05, 4.69) is 23.8 Å². The van der Waals surface area contributed by atoms with Gasteiger partial charge in [-0.1, -0.05) is 30.8 Å². The maximum Gasteiger partial charge on any atom is 0.0664 e. The zero-order valence-electron chi connectivity index (χ0n) is 15.3. The summed E-state index contributed by atoms with van der Waals surface area (Å²) in [5.41, 5.74) is 3.20. The van der Waals surface area contributed by atoms with Crippen molar-refractivity contribution in [1.29, 1.82) is 0 Å². The molecular formula is C19H29N3O2S. The van der Waals surface area contributed by atoms with Gasteiger partial charge in [-0.05, 0) is 50.8 Å². The van der Waals surface area contributed by atoms with Gasteiger partial charge in [0.1, 0.15) is 0 Å². The molecule has 3 rings (SSSR count). The Hall–Kier alpha value is -1.50. The number of nitrogens with zero attached hydrogens (tertiary/aromatic N) is 2. The minimum absolute atomic E-state index is 0.180. The van der Waals surface area contributed by atoms with Crippen molar-refractivity contribution < 1.29 is 9.32 Å². The molecule has 5 nitrogen and oxygen atoms in total. The average molecular weight is 364 g/mol. The van der Waals surface area contributed by atoms with E-state index in [0.29, 0.717) is 5.92 Å². The first-order valence-electron chi connectivity index (χ1n) is 8.56. The predicted octanol–water partition coefficient (Wildman–Crippen LogP) is 2.72. The lowest BCUT2D eigenvalue weighted by atomic mass is 9.79. The monoisotopic (exact) mass is 363 g/mol. The standard InChI is InChI=1S/C11H21N3O.C8H8OS/c1-5-10(8-6-9(15)7-8)13-14(12)11(2,3)4;9-10-5-7-3-1-2-4-8(7)6-10/h5,8-9,15H,1,6-7,12H2,2-4H3;1-4H,5-6H2/b13-10+;. The SMILES string of the molecule is C=C/C(=N\N(N)C(C)(C)C)C1CC(O)C1.O=S1Cc2ccccc2C1. The number of aliphatic hydroxyl groups is 1. The molecule has 0 unspecified atom stereocenters. The predicted molar refractivity (Wildman–Crippen MR) is 104 cm³/mol. The van der Waals surface area contributed by atoms with Crippen LogP contribution in [0.5, 0.6) is 0 Å². The van der Waals surface area contributed by atoms with Crippen molar-refractivity contribution in [3.05, 3.63) is 48.0 Å². The molecule has 1 aliphatic carbocycles. The Morgan fingerprint density at radius 1 is 1.32 bits per heavy atom. The number of fused-ring (bicyclic) bond motifs is 1. The van der Waals surface area contributed by atoms with Crippen molar-refractivity contribution in [2.75, 3.05) is 0 Å². The summed E-state index contributed by atoms with van der Waals surface area (Å²) in [6, 6.07) is 8.11. The Balaban J connectivity index is 0.000000194. The molecule has 1 aliphatic heterocycles. The lowest BCUT2D eigenvalue weighted by molar-refractivity contribution is 0.0682. The van der Waals surface area contributed by atoms with Gasteiger partial charge in [-0.25, -0.2) is 11.0 Å². The fraction of sp³-hybridized carbons (Fsp3) is 0.526. The van der Waals surface area contributed by atoms with Gasteiger partial charge < -0.3 is 5.11 Å². The van der Waals surface area contributed by atoms with Gasteiger partial charge in [0.05, 0.1) is 17.4 Å². The van der Waals surface area contributed by atoms with Crippen LogP contribution in [0.4, 0.5) is 0 Å². The Bertz CT molecular complexity index is 634. The maximum atomic E-state index is 11.0. The molecule has 1 heterocycles. The number of benzene rings is 1.